The number of rotatable bonds is 8. The average Bonchev–Trinajstić information content (AvgIpc) is 2.93. The van der Waals surface area contributed by atoms with Crippen LogP contribution in [0.3, 0.4) is 0 Å². The lowest BCUT2D eigenvalue weighted by Crippen LogP contribution is -2.59. The molecule has 1 fully saturated rings. The van der Waals surface area contributed by atoms with E-state index in [1.165, 1.54) is 17.0 Å². The molecule has 212 valence electrons. The second kappa shape index (κ2) is 11.6. The molecular formula is C29H28ClF3N2O5. The molecule has 0 spiro atoms. The summed E-state index contributed by atoms with van der Waals surface area (Å²) in [6.07, 6.45) is -0.402. The minimum absolute atomic E-state index is 0.0386. The highest BCUT2D eigenvalue weighted by atomic mass is 35.5. The van der Waals surface area contributed by atoms with Gasteiger partial charge in [0.2, 0.25) is 5.91 Å². The molecule has 3 aromatic rings. The molecule has 5 rings (SSSR count). The van der Waals surface area contributed by atoms with Crippen molar-refractivity contribution in [2.75, 3.05) is 37.0 Å². The van der Waals surface area contributed by atoms with Gasteiger partial charge in [-0.15, -0.1) is 0 Å². The number of nitrogens with one attached hydrogen (secondary N) is 1. The van der Waals surface area contributed by atoms with Crippen molar-refractivity contribution in [3.8, 4) is 11.5 Å². The van der Waals surface area contributed by atoms with Crippen LogP contribution in [0.4, 0.5) is 24.5 Å². The Morgan fingerprint density at radius 2 is 1.80 bits per heavy atom. The summed E-state index contributed by atoms with van der Waals surface area (Å²) < 4.78 is 61.2. The third-order valence-electron chi connectivity index (χ3n) is 7.27. The molecule has 2 aliphatic rings. The number of benzene rings is 3. The summed E-state index contributed by atoms with van der Waals surface area (Å²) in [6.45, 7) is -0.0571. The highest BCUT2D eigenvalue weighted by molar-refractivity contribution is 6.30. The van der Waals surface area contributed by atoms with Crippen LogP contribution in [0.5, 0.6) is 11.5 Å². The van der Waals surface area contributed by atoms with E-state index in [0.717, 1.165) is 17.7 Å². The summed E-state index contributed by atoms with van der Waals surface area (Å²) in [4.78, 5) is 13.3. The van der Waals surface area contributed by atoms with E-state index in [-0.39, 0.29) is 67.9 Å². The molecule has 0 aromatic heterocycles. The number of piperidine rings is 1. The maximum atomic E-state index is 14.8. The Balaban J connectivity index is 1.38. The lowest BCUT2D eigenvalue weighted by Gasteiger charge is -2.45. The SMILES string of the molecule is COc1ccc(CO[C@H]2CN(c3c(F)cc(Cl)cc3F)CC[C@@]2(O)COc2ccc(F)c3c2CCC(=O)N3)cc1. The third kappa shape index (κ3) is 5.84. The molecule has 0 saturated carbocycles. The van der Waals surface area contributed by atoms with Crippen LogP contribution in [0.25, 0.3) is 0 Å². The number of amides is 1. The van der Waals surface area contributed by atoms with Crippen LogP contribution in [0.2, 0.25) is 5.02 Å². The molecule has 3 aromatic carbocycles. The van der Waals surface area contributed by atoms with Crippen molar-refractivity contribution in [2.24, 2.45) is 0 Å². The van der Waals surface area contributed by atoms with Gasteiger partial charge >= 0.3 is 0 Å². The summed E-state index contributed by atoms with van der Waals surface area (Å²) in [5.74, 6) is -1.50. The number of ether oxygens (including phenoxy) is 3. The molecule has 0 unspecified atom stereocenters. The predicted molar refractivity (Wildman–Crippen MR) is 144 cm³/mol. The lowest BCUT2D eigenvalue weighted by molar-refractivity contribution is -0.140. The van der Waals surface area contributed by atoms with Gasteiger partial charge < -0.3 is 29.5 Å². The van der Waals surface area contributed by atoms with Crippen molar-refractivity contribution in [3.05, 3.63) is 82.1 Å². The van der Waals surface area contributed by atoms with E-state index in [4.69, 9.17) is 25.8 Å². The minimum atomic E-state index is -1.55. The summed E-state index contributed by atoms with van der Waals surface area (Å²) in [5.41, 5.74) is -0.443. The second-order valence-electron chi connectivity index (χ2n) is 9.90. The average molecular weight is 577 g/mol. The van der Waals surface area contributed by atoms with Crippen LogP contribution < -0.4 is 19.7 Å². The number of fused-ring (bicyclic) bond motifs is 1. The Labute approximate surface area is 234 Å². The van der Waals surface area contributed by atoms with Gasteiger partial charge in [-0.25, -0.2) is 13.2 Å². The minimum Gasteiger partial charge on any atom is -0.497 e. The Hall–Kier alpha value is -3.47. The molecule has 0 bridgehead atoms. The van der Waals surface area contributed by atoms with Crippen LogP contribution in [-0.4, -0.2) is 49.5 Å². The Bertz CT molecular complexity index is 1380. The number of nitrogens with zero attached hydrogens (tertiary/aromatic N) is 1. The standard InChI is InChI=1S/C29H28ClF3N2O5/c1-38-19-4-2-17(3-5-19)15-39-25-14-35(28-22(32)12-18(30)13-23(28)33)11-10-29(25,37)16-40-24-8-7-21(31)27-20(24)6-9-26(36)34-27/h2-5,7-8,12-13,25,37H,6,9-11,14-16H2,1H3,(H,34,36)/t25-,29+/m0/s1. The van der Waals surface area contributed by atoms with E-state index in [9.17, 15) is 23.1 Å². The maximum Gasteiger partial charge on any atom is 0.224 e. The molecule has 11 heteroatoms. The van der Waals surface area contributed by atoms with Gasteiger partial charge in [0.05, 0.1) is 19.4 Å². The molecule has 2 atom stereocenters. The topological polar surface area (TPSA) is 80.3 Å². The first-order valence-electron chi connectivity index (χ1n) is 12.8. The number of methoxy groups -OCH3 is 1. The molecule has 1 saturated heterocycles. The quantitative estimate of drug-likeness (QED) is 0.381. The van der Waals surface area contributed by atoms with Gasteiger partial charge in [-0.3, -0.25) is 4.79 Å². The van der Waals surface area contributed by atoms with E-state index in [2.05, 4.69) is 5.32 Å². The zero-order chi connectivity index (χ0) is 28.4. The molecule has 7 nitrogen and oxygen atoms in total. The van der Waals surface area contributed by atoms with Crippen LogP contribution in [-0.2, 0) is 22.6 Å². The van der Waals surface area contributed by atoms with Gasteiger partial charge in [-0.05, 0) is 54.8 Å². The maximum absolute atomic E-state index is 14.8. The van der Waals surface area contributed by atoms with Gasteiger partial charge in [0.25, 0.3) is 0 Å². The first kappa shape index (κ1) is 28.1. The normalized spacial score (nSPS) is 20.6. The highest BCUT2D eigenvalue weighted by Gasteiger charge is 2.44. The first-order valence-corrected chi connectivity index (χ1v) is 13.1. The monoisotopic (exact) mass is 576 g/mol. The number of carbonyl (C=O) groups is 1. The van der Waals surface area contributed by atoms with Crippen molar-refractivity contribution in [1.29, 1.82) is 0 Å². The molecule has 0 aliphatic carbocycles. The summed E-state index contributed by atoms with van der Waals surface area (Å²) in [6, 6.07) is 11.9. The number of anilines is 2. The number of aliphatic hydroxyl groups is 1. The van der Waals surface area contributed by atoms with E-state index in [0.29, 0.717) is 17.1 Å². The van der Waals surface area contributed by atoms with Crippen LogP contribution in [0, 0.1) is 17.5 Å². The van der Waals surface area contributed by atoms with Crippen LogP contribution in [0.1, 0.15) is 24.0 Å². The summed E-state index contributed by atoms with van der Waals surface area (Å²) in [5, 5.41) is 14.2. The fourth-order valence-electron chi connectivity index (χ4n) is 5.04. The van der Waals surface area contributed by atoms with E-state index >= 15 is 0 Å². The number of carbonyl (C=O) groups excluding carboxylic acids is 1. The number of hydrogen-bond donors (Lipinski definition) is 2. The largest absolute Gasteiger partial charge is 0.497 e. The smallest absolute Gasteiger partial charge is 0.224 e. The van der Waals surface area contributed by atoms with Crippen molar-refractivity contribution < 1.29 is 37.3 Å². The summed E-state index contributed by atoms with van der Waals surface area (Å²) >= 11 is 5.81. The fourth-order valence-corrected chi connectivity index (χ4v) is 5.24. The molecule has 40 heavy (non-hydrogen) atoms. The Morgan fingerprint density at radius 1 is 1.07 bits per heavy atom. The van der Waals surface area contributed by atoms with Crippen LogP contribution >= 0.6 is 11.6 Å². The van der Waals surface area contributed by atoms with Crippen molar-refractivity contribution >= 4 is 28.9 Å². The van der Waals surface area contributed by atoms with Gasteiger partial charge in [0, 0.05) is 30.1 Å². The van der Waals surface area contributed by atoms with Gasteiger partial charge in [-0.2, -0.15) is 0 Å². The van der Waals surface area contributed by atoms with Gasteiger partial charge in [0.1, 0.15) is 41.3 Å². The molecule has 1 amide bonds. The molecule has 0 radical (unpaired) electrons. The Kier molecular flexibility index (Phi) is 8.11. The van der Waals surface area contributed by atoms with E-state index < -0.39 is 29.2 Å². The highest BCUT2D eigenvalue weighted by Crippen LogP contribution is 2.37. The zero-order valence-electron chi connectivity index (χ0n) is 21.7. The number of halogens is 4. The lowest BCUT2D eigenvalue weighted by atomic mass is 9.88. The van der Waals surface area contributed by atoms with E-state index in [1.54, 1.807) is 19.2 Å². The van der Waals surface area contributed by atoms with Crippen molar-refractivity contribution in [3.63, 3.8) is 0 Å². The van der Waals surface area contributed by atoms with E-state index in [1.807, 2.05) is 12.1 Å². The molecular weight excluding hydrogens is 549 g/mol. The van der Waals surface area contributed by atoms with Crippen molar-refractivity contribution in [1.82, 2.24) is 0 Å². The van der Waals surface area contributed by atoms with Crippen molar-refractivity contribution in [2.45, 2.75) is 37.6 Å². The van der Waals surface area contributed by atoms with Gasteiger partial charge in [-0.1, -0.05) is 23.7 Å². The van der Waals surface area contributed by atoms with Crippen LogP contribution in [0.15, 0.2) is 48.5 Å². The predicted octanol–water partition coefficient (Wildman–Crippen LogP) is 5.26. The Morgan fingerprint density at radius 3 is 2.50 bits per heavy atom. The third-order valence-corrected chi connectivity index (χ3v) is 7.49. The van der Waals surface area contributed by atoms with Gasteiger partial charge in [0.15, 0.2) is 11.6 Å². The molecule has 2 heterocycles. The first-order chi connectivity index (χ1) is 19.2. The number of hydrogen-bond acceptors (Lipinski definition) is 6. The zero-order valence-corrected chi connectivity index (χ0v) is 22.4. The molecule has 2 aliphatic heterocycles. The fraction of sp³-hybridized carbons (Fsp3) is 0.345. The second-order valence-corrected chi connectivity index (χ2v) is 10.3. The molecule has 2 N–H and O–H groups in total. The summed E-state index contributed by atoms with van der Waals surface area (Å²) in [7, 11) is 1.56.